The van der Waals surface area contributed by atoms with Crippen molar-refractivity contribution in [3.63, 3.8) is 0 Å². The molecule has 0 radical (unpaired) electrons. The summed E-state index contributed by atoms with van der Waals surface area (Å²) in [5.74, 6) is -2.50. The maximum absolute atomic E-state index is 14.6. The lowest BCUT2D eigenvalue weighted by molar-refractivity contribution is -0.144. The second kappa shape index (κ2) is 14.8. The van der Waals surface area contributed by atoms with E-state index in [0.29, 0.717) is 13.1 Å². The van der Waals surface area contributed by atoms with Gasteiger partial charge in [0.2, 0.25) is 23.6 Å². The summed E-state index contributed by atoms with van der Waals surface area (Å²) in [6, 6.07) is 8.15. The number of hydrogen-bond acceptors (Lipinski definition) is 5. The third-order valence-corrected chi connectivity index (χ3v) is 8.55. The minimum atomic E-state index is -1.10. The van der Waals surface area contributed by atoms with E-state index in [2.05, 4.69) is 10.6 Å². The molecule has 0 aliphatic carbocycles. The summed E-state index contributed by atoms with van der Waals surface area (Å²) in [5, 5.41) is 4.81. The number of rotatable bonds is 9. The molecule has 9 nitrogen and oxygen atoms in total. The predicted molar refractivity (Wildman–Crippen MR) is 159 cm³/mol. The first kappa shape index (κ1) is 31.7. The van der Waals surface area contributed by atoms with Crippen molar-refractivity contribution in [1.29, 1.82) is 0 Å². The highest BCUT2D eigenvalue weighted by Crippen LogP contribution is 2.30. The summed E-state index contributed by atoms with van der Waals surface area (Å²) in [7, 11) is 0. The topological polar surface area (TPSA) is 125 Å². The fourth-order valence-electron chi connectivity index (χ4n) is 5.40. The van der Waals surface area contributed by atoms with Crippen LogP contribution in [0.4, 0.5) is 10.1 Å². The zero-order valence-electron chi connectivity index (χ0n) is 23.3. The summed E-state index contributed by atoms with van der Waals surface area (Å²) in [5.41, 5.74) is 7.36. The van der Waals surface area contributed by atoms with Crippen LogP contribution in [0.1, 0.15) is 56.1 Å². The lowest BCUT2D eigenvalue weighted by Gasteiger charge is -2.37. The van der Waals surface area contributed by atoms with Crippen LogP contribution >= 0.6 is 23.2 Å². The highest BCUT2D eigenvalue weighted by molar-refractivity contribution is 6.42. The van der Waals surface area contributed by atoms with Crippen molar-refractivity contribution >= 4 is 52.5 Å². The van der Waals surface area contributed by atoms with Gasteiger partial charge in [-0.2, -0.15) is 0 Å². The van der Waals surface area contributed by atoms with Gasteiger partial charge in [-0.3, -0.25) is 19.2 Å². The Bertz CT molecular complexity index is 1320. The smallest absolute Gasteiger partial charge is 0.247 e. The number of benzene rings is 2. The molecule has 4 rings (SSSR count). The molecule has 226 valence electrons. The first-order valence-electron chi connectivity index (χ1n) is 14.3. The quantitative estimate of drug-likeness (QED) is 0.365. The molecular formula is C30H36Cl2FN5O4. The zero-order chi connectivity index (χ0) is 30.2. The Hall–Kier alpha value is -3.21. The molecule has 2 aliphatic heterocycles. The van der Waals surface area contributed by atoms with E-state index in [-0.39, 0.29) is 66.3 Å². The van der Waals surface area contributed by atoms with Crippen LogP contribution in [0.25, 0.3) is 0 Å². The molecule has 0 aromatic heterocycles. The molecule has 0 unspecified atom stereocenters. The normalized spacial score (nSPS) is 17.6. The van der Waals surface area contributed by atoms with E-state index in [1.54, 1.807) is 0 Å². The summed E-state index contributed by atoms with van der Waals surface area (Å²) >= 11 is 11.7. The maximum atomic E-state index is 14.6. The number of amides is 4. The Morgan fingerprint density at radius 1 is 0.952 bits per heavy atom. The molecule has 0 spiro atoms. The minimum absolute atomic E-state index is 0.00515. The van der Waals surface area contributed by atoms with E-state index in [1.165, 1.54) is 17.0 Å². The number of nitrogens with two attached hydrogens (primary N) is 1. The minimum Gasteiger partial charge on any atom is -0.343 e. The van der Waals surface area contributed by atoms with Gasteiger partial charge in [-0.15, -0.1) is 0 Å². The van der Waals surface area contributed by atoms with Gasteiger partial charge in [0.15, 0.2) is 5.82 Å². The van der Waals surface area contributed by atoms with E-state index in [9.17, 15) is 23.6 Å². The number of hydrogen-bond donors (Lipinski definition) is 3. The fourth-order valence-corrected chi connectivity index (χ4v) is 5.71. The largest absolute Gasteiger partial charge is 0.343 e. The summed E-state index contributed by atoms with van der Waals surface area (Å²) in [4.78, 5) is 56.3. The molecule has 2 aromatic rings. The van der Waals surface area contributed by atoms with Gasteiger partial charge in [-0.1, -0.05) is 60.3 Å². The van der Waals surface area contributed by atoms with Gasteiger partial charge < -0.3 is 26.2 Å². The molecule has 2 aromatic carbocycles. The van der Waals surface area contributed by atoms with Crippen molar-refractivity contribution in [2.45, 2.75) is 70.0 Å². The molecule has 0 saturated carbocycles. The van der Waals surface area contributed by atoms with Crippen LogP contribution in [0, 0.1) is 5.82 Å². The Morgan fingerprint density at radius 2 is 1.62 bits per heavy atom. The molecule has 1 fully saturated rings. The first-order valence-corrected chi connectivity index (χ1v) is 15.0. The van der Waals surface area contributed by atoms with Crippen LogP contribution in [0.3, 0.4) is 0 Å². The van der Waals surface area contributed by atoms with Crippen LogP contribution in [0.5, 0.6) is 0 Å². The summed E-state index contributed by atoms with van der Waals surface area (Å²) in [6.07, 6.45) is 4.47. The molecule has 1 saturated heterocycles. The molecule has 2 atom stereocenters. The van der Waals surface area contributed by atoms with E-state index >= 15 is 0 Å². The van der Waals surface area contributed by atoms with Gasteiger partial charge in [0, 0.05) is 38.9 Å². The second-order valence-electron chi connectivity index (χ2n) is 10.7. The average molecular weight is 621 g/mol. The summed E-state index contributed by atoms with van der Waals surface area (Å²) in [6.45, 7) is 1.67. The number of anilines is 1. The van der Waals surface area contributed by atoms with Crippen molar-refractivity contribution in [1.82, 2.24) is 15.1 Å². The molecule has 4 amide bonds. The Morgan fingerprint density at radius 3 is 2.31 bits per heavy atom. The zero-order valence-corrected chi connectivity index (χ0v) is 24.9. The van der Waals surface area contributed by atoms with E-state index in [1.807, 2.05) is 29.2 Å². The van der Waals surface area contributed by atoms with Crippen LogP contribution in [0.15, 0.2) is 36.4 Å². The molecule has 12 heteroatoms. The molecule has 42 heavy (non-hydrogen) atoms. The Kier molecular flexibility index (Phi) is 11.2. The van der Waals surface area contributed by atoms with E-state index in [4.69, 9.17) is 28.9 Å². The molecule has 0 bridgehead atoms. The number of nitrogens with one attached hydrogen (secondary N) is 2. The van der Waals surface area contributed by atoms with E-state index in [0.717, 1.165) is 36.8 Å². The molecule has 2 heterocycles. The van der Waals surface area contributed by atoms with Crippen molar-refractivity contribution in [3.05, 3.63) is 63.4 Å². The number of carbonyl (C=O) groups is 4. The summed E-state index contributed by atoms with van der Waals surface area (Å²) < 4.78 is 14.6. The van der Waals surface area contributed by atoms with Crippen molar-refractivity contribution in [3.8, 4) is 0 Å². The van der Waals surface area contributed by atoms with E-state index < -0.39 is 29.7 Å². The van der Waals surface area contributed by atoms with Crippen LogP contribution in [-0.4, -0.2) is 65.1 Å². The monoisotopic (exact) mass is 619 g/mol. The maximum Gasteiger partial charge on any atom is 0.247 e. The van der Waals surface area contributed by atoms with Gasteiger partial charge in [-0.05, 0) is 49.1 Å². The highest BCUT2D eigenvalue weighted by Gasteiger charge is 2.36. The van der Waals surface area contributed by atoms with Gasteiger partial charge >= 0.3 is 0 Å². The lowest BCUT2D eigenvalue weighted by Crippen LogP contribution is -2.56. The third kappa shape index (κ3) is 7.79. The predicted octanol–water partition coefficient (Wildman–Crippen LogP) is 4.04. The molecule has 2 aliphatic rings. The number of halogens is 3. The van der Waals surface area contributed by atoms with Gasteiger partial charge in [0.1, 0.15) is 12.1 Å². The van der Waals surface area contributed by atoms with Crippen LogP contribution < -0.4 is 16.4 Å². The fraction of sp³-hybridized carbons (Fsp3) is 0.467. The SMILES string of the molecule is NCC[C@H](NC(=O)[C@@H]1Cc2ccccc2CN1C(=O)CCC(=O)N1CCCCCC1)C(=O)Nc1ccc(Cl)c(Cl)c1F. The highest BCUT2D eigenvalue weighted by atomic mass is 35.5. The van der Waals surface area contributed by atoms with Crippen molar-refractivity contribution in [2.24, 2.45) is 5.73 Å². The van der Waals surface area contributed by atoms with Crippen LogP contribution in [0.2, 0.25) is 10.0 Å². The van der Waals surface area contributed by atoms with Gasteiger partial charge in [-0.25, -0.2) is 4.39 Å². The molecular weight excluding hydrogens is 584 g/mol. The Labute approximate surface area is 254 Å². The number of likely N-dealkylation sites (tertiary alicyclic amines) is 1. The van der Waals surface area contributed by atoms with Gasteiger partial charge in [0.05, 0.1) is 15.7 Å². The number of fused-ring (bicyclic) bond motifs is 1. The lowest BCUT2D eigenvalue weighted by atomic mass is 9.92. The first-order chi connectivity index (χ1) is 20.2. The van der Waals surface area contributed by atoms with Gasteiger partial charge in [0.25, 0.3) is 0 Å². The molecule has 4 N–H and O–H groups in total. The number of nitrogens with zero attached hydrogens (tertiary/aromatic N) is 2. The second-order valence-corrected chi connectivity index (χ2v) is 11.4. The standard InChI is InChI=1S/C30H36Cl2FN5O4/c31-21-9-10-22(28(33)27(21)32)35-29(41)23(13-14-34)36-30(42)24-17-19-7-3-4-8-20(19)18-38(24)26(40)12-11-25(39)37-15-5-1-2-6-16-37/h3-4,7-10,23-24H,1-2,5-6,11-18,34H2,(H,35,41)(H,36,42)/t23-,24-/m0/s1. The van der Waals surface area contributed by atoms with Crippen molar-refractivity contribution in [2.75, 3.05) is 25.0 Å². The Balaban J connectivity index is 1.47. The average Bonchev–Trinajstić information content (AvgIpc) is 3.29. The van der Waals surface area contributed by atoms with Crippen LogP contribution in [-0.2, 0) is 32.1 Å². The third-order valence-electron chi connectivity index (χ3n) is 7.76. The van der Waals surface area contributed by atoms with Crippen molar-refractivity contribution < 1.29 is 23.6 Å². The number of carbonyl (C=O) groups excluding carboxylic acids is 4.